The number of nitrogens with zero attached hydrogens (tertiary/aromatic N) is 2. The number of carbonyl (C=O) groups is 3. The van der Waals surface area contributed by atoms with Crippen LogP contribution in [0.2, 0.25) is 0 Å². The van der Waals surface area contributed by atoms with Crippen molar-refractivity contribution in [3.63, 3.8) is 0 Å². The molecule has 10 heteroatoms. The summed E-state index contributed by atoms with van der Waals surface area (Å²) >= 11 is 1.30. The van der Waals surface area contributed by atoms with E-state index < -0.39 is 11.9 Å². The van der Waals surface area contributed by atoms with E-state index >= 15 is 0 Å². The summed E-state index contributed by atoms with van der Waals surface area (Å²) in [5, 5.41) is 2.29. The second kappa shape index (κ2) is 9.70. The second-order valence-corrected chi connectivity index (χ2v) is 6.42. The molecule has 0 radical (unpaired) electrons. The lowest BCUT2D eigenvalue weighted by Gasteiger charge is -2.14. The first-order valence-electron chi connectivity index (χ1n) is 8.34. The predicted molar refractivity (Wildman–Crippen MR) is 103 cm³/mol. The Morgan fingerprint density at radius 1 is 1.25 bits per heavy atom. The number of rotatable bonds is 9. The minimum Gasteiger partial charge on any atom is -0.493 e. The summed E-state index contributed by atoms with van der Waals surface area (Å²) in [4.78, 5) is 40.5. The number of nitrogens with two attached hydrogens (primary N) is 1. The Hall–Kier alpha value is -3.14. The van der Waals surface area contributed by atoms with Gasteiger partial charge in [-0.2, -0.15) is 0 Å². The van der Waals surface area contributed by atoms with E-state index in [0.29, 0.717) is 17.4 Å². The lowest BCUT2D eigenvalue weighted by Crippen LogP contribution is -2.27. The highest BCUT2D eigenvalue weighted by molar-refractivity contribution is 7.14. The average Bonchev–Trinajstić information content (AvgIpc) is 3.13. The zero-order valence-electron chi connectivity index (χ0n) is 15.8. The standard InChI is InChI=1S/C18H21N3O6S/c1-4-21(11(2)22)18-20-13(10-28-18)8-27-17(24)12-5-6-14(15(7-12)25-3)26-9-16(19)23/h5-7,10H,4,8-9H2,1-3H3,(H2,19,23). The van der Waals surface area contributed by atoms with Gasteiger partial charge in [-0.3, -0.25) is 14.5 Å². The van der Waals surface area contributed by atoms with Crippen molar-refractivity contribution in [3.8, 4) is 11.5 Å². The molecule has 28 heavy (non-hydrogen) atoms. The van der Waals surface area contributed by atoms with Crippen LogP contribution in [0.25, 0.3) is 0 Å². The Kier molecular flexibility index (Phi) is 7.33. The van der Waals surface area contributed by atoms with E-state index in [9.17, 15) is 14.4 Å². The first-order valence-corrected chi connectivity index (χ1v) is 9.22. The van der Waals surface area contributed by atoms with Crippen molar-refractivity contribution in [1.82, 2.24) is 4.98 Å². The van der Waals surface area contributed by atoms with Gasteiger partial charge in [0.1, 0.15) is 6.61 Å². The number of hydrogen-bond donors (Lipinski definition) is 1. The van der Waals surface area contributed by atoms with Crippen LogP contribution in [-0.4, -0.2) is 43.0 Å². The summed E-state index contributed by atoms with van der Waals surface area (Å²) < 4.78 is 15.6. The topological polar surface area (TPSA) is 121 Å². The molecule has 0 fully saturated rings. The number of methoxy groups -OCH3 is 1. The van der Waals surface area contributed by atoms with Gasteiger partial charge in [0.2, 0.25) is 5.91 Å². The van der Waals surface area contributed by atoms with Gasteiger partial charge in [-0.15, -0.1) is 11.3 Å². The van der Waals surface area contributed by atoms with Crippen molar-refractivity contribution in [3.05, 3.63) is 34.8 Å². The SMILES string of the molecule is CCN(C(C)=O)c1nc(COC(=O)c2ccc(OCC(N)=O)c(OC)c2)cs1. The van der Waals surface area contributed by atoms with E-state index in [2.05, 4.69) is 4.98 Å². The van der Waals surface area contributed by atoms with E-state index in [-0.39, 0.29) is 36.2 Å². The molecule has 2 N–H and O–H groups in total. The summed E-state index contributed by atoms with van der Waals surface area (Å²) in [5.41, 5.74) is 5.84. The van der Waals surface area contributed by atoms with Gasteiger partial charge in [0.25, 0.3) is 5.91 Å². The van der Waals surface area contributed by atoms with E-state index in [1.807, 2.05) is 6.92 Å². The highest BCUT2D eigenvalue weighted by atomic mass is 32.1. The van der Waals surface area contributed by atoms with Gasteiger partial charge < -0.3 is 19.9 Å². The van der Waals surface area contributed by atoms with Gasteiger partial charge in [-0.25, -0.2) is 9.78 Å². The third-order valence-corrected chi connectivity index (χ3v) is 4.50. The monoisotopic (exact) mass is 407 g/mol. The Labute approximate surface area is 166 Å². The first kappa shape index (κ1) is 21.2. The van der Waals surface area contributed by atoms with E-state index in [0.717, 1.165) is 0 Å². The number of ether oxygens (including phenoxy) is 3. The number of benzene rings is 1. The molecule has 2 aromatic rings. The smallest absolute Gasteiger partial charge is 0.338 e. The molecule has 0 aliphatic rings. The van der Waals surface area contributed by atoms with Gasteiger partial charge in [0, 0.05) is 18.8 Å². The molecule has 0 aliphatic carbocycles. The van der Waals surface area contributed by atoms with Crippen LogP contribution >= 0.6 is 11.3 Å². The van der Waals surface area contributed by atoms with Crippen LogP contribution in [0.1, 0.15) is 29.9 Å². The number of anilines is 1. The highest BCUT2D eigenvalue weighted by Crippen LogP contribution is 2.28. The van der Waals surface area contributed by atoms with Gasteiger partial charge in [0.15, 0.2) is 23.2 Å². The van der Waals surface area contributed by atoms with Gasteiger partial charge in [0.05, 0.1) is 18.4 Å². The van der Waals surface area contributed by atoms with Crippen molar-refractivity contribution >= 4 is 34.3 Å². The average molecular weight is 407 g/mol. The zero-order chi connectivity index (χ0) is 20.7. The molecule has 2 rings (SSSR count). The molecule has 1 aromatic heterocycles. The minimum absolute atomic E-state index is 0.0347. The minimum atomic E-state index is -0.625. The number of amides is 2. The fraction of sp³-hybridized carbons (Fsp3) is 0.333. The summed E-state index contributed by atoms with van der Waals surface area (Å²) in [7, 11) is 1.41. The summed E-state index contributed by atoms with van der Waals surface area (Å²) in [6, 6.07) is 4.42. The Bertz CT molecular complexity index is 867. The number of esters is 1. The molecule has 9 nitrogen and oxygen atoms in total. The zero-order valence-corrected chi connectivity index (χ0v) is 16.6. The Morgan fingerprint density at radius 3 is 2.61 bits per heavy atom. The maximum Gasteiger partial charge on any atom is 0.338 e. The third kappa shape index (κ3) is 5.43. The number of aromatic nitrogens is 1. The van der Waals surface area contributed by atoms with Crippen LogP contribution < -0.4 is 20.1 Å². The van der Waals surface area contributed by atoms with Crippen LogP contribution in [0.5, 0.6) is 11.5 Å². The number of thiazole rings is 1. The van der Waals surface area contributed by atoms with Crippen molar-refractivity contribution in [2.75, 3.05) is 25.2 Å². The molecule has 0 saturated heterocycles. The lowest BCUT2D eigenvalue weighted by molar-refractivity contribution is -0.120. The molecule has 150 valence electrons. The largest absolute Gasteiger partial charge is 0.493 e. The van der Waals surface area contributed by atoms with Crippen molar-refractivity contribution in [2.45, 2.75) is 20.5 Å². The van der Waals surface area contributed by atoms with Gasteiger partial charge >= 0.3 is 5.97 Å². The number of carbonyl (C=O) groups excluding carboxylic acids is 3. The maximum atomic E-state index is 12.3. The molecule has 0 atom stereocenters. The summed E-state index contributed by atoms with van der Waals surface area (Å²) in [6.45, 7) is 3.49. The van der Waals surface area contributed by atoms with Gasteiger partial charge in [-0.05, 0) is 25.1 Å². The Morgan fingerprint density at radius 2 is 2.00 bits per heavy atom. The van der Waals surface area contributed by atoms with E-state index in [1.165, 1.54) is 48.5 Å². The summed E-state index contributed by atoms with van der Waals surface area (Å²) in [6.07, 6.45) is 0. The number of hydrogen-bond acceptors (Lipinski definition) is 8. The fourth-order valence-corrected chi connectivity index (χ4v) is 3.18. The quantitative estimate of drug-likeness (QED) is 0.629. The lowest BCUT2D eigenvalue weighted by atomic mass is 10.2. The van der Waals surface area contributed by atoms with Crippen LogP contribution in [0.15, 0.2) is 23.6 Å². The molecular formula is C18H21N3O6S. The normalized spacial score (nSPS) is 10.2. The molecule has 1 heterocycles. The van der Waals surface area contributed by atoms with Crippen LogP contribution in [0, 0.1) is 0 Å². The molecule has 2 amide bonds. The molecule has 0 bridgehead atoms. The van der Waals surface area contributed by atoms with Crippen molar-refractivity contribution < 1.29 is 28.6 Å². The molecule has 0 saturated carbocycles. The predicted octanol–water partition coefficient (Wildman–Crippen LogP) is 1.75. The molecule has 1 aromatic carbocycles. The van der Waals surface area contributed by atoms with E-state index in [1.54, 1.807) is 5.38 Å². The van der Waals surface area contributed by atoms with Crippen LogP contribution in [-0.2, 0) is 20.9 Å². The van der Waals surface area contributed by atoms with Crippen molar-refractivity contribution in [2.24, 2.45) is 5.73 Å². The molecule has 0 aliphatic heterocycles. The molecule has 0 spiro atoms. The number of primary amides is 1. The fourth-order valence-electron chi connectivity index (χ4n) is 2.26. The highest BCUT2D eigenvalue weighted by Gasteiger charge is 2.16. The summed E-state index contributed by atoms with van der Waals surface area (Å²) in [5.74, 6) is -0.753. The molecular weight excluding hydrogens is 386 g/mol. The van der Waals surface area contributed by atoms with Crippen molar-refractivity contribution in [1.29, 1.82) is 0 Å². The first-order chi connectivity index (χ1) is 13.3. The second-order valence-electron chi connectivity index (χ2n) is 5.58. The maximum absolute atomic E-state index is 12.3. The Balaban J connectivity index is 2.02. The van der Waals surface area contributed by atoms with Crippen LogP contribution in [0.3, 0.4) is 0 Å². The van der Waals surface area contributed by atoms with Gasteiger partial charge in [-0.1, -0.05) is 0 Å². The van der Waals surface area contributed by atoms with Crippen LogP contribution in [0.4, 0.5) is 5.13 Å². The molecule has 0 unspecified atom stereocenters. The van der Waals surface area contributed by atoms with E-state index in [4.69, 9.17) is 19.9 Å². The third-order valence-electron chi connectivity index (χ3n) is 3.59.